The molecule has 25 heavy (non-hydrogen) atoms. The lowest BCUT2D eigenvalue weighted by atomic mass is 10.3. The van der Waals surface area contributed by atoms with Crippen molar-refractivity contribution in [3.63, 3.8) is 0 Å². The second kappa shape index (κ2) is 10.5. The van der Waals surface area contributed by atoms with Crippen molar-refractivity contribution in [2.45, 2.75) is 32.6 Å². The molecule has 5 nitrogen and oxygen atoms in total. The van der Waals surface area contributed by atoms with Gasteiger partial charge in [0.2, 0.25) is 0 Å². The Hall–Kier alpha value is -0.670. The number of hydrogen-bond donors (Lipinski definition) is 1. The van der Waals surface area contributed by atoms with Gasteiger partial charge in [-0.2, -0.15) is 0 Å². The predicted molar refractivity (Wildman–Crippen MR) is 111 cm³/mol. The number of hydrogen-bond acceptors (Lipinski definition) is 7. The minimum absolute atomic E-state index is 0.0178. The molecule has 0 radical (unpaired) electrons. The van der Waals surface area contributed by atoms with Crippen LogP contribution in [0.4, 0.5) is 0 Å². The van der Waals surface area contributed by atoms with Crippen molar-refractivity contribution in [2.24, 2.45) is 4.99 Å². The molecule has 0 saturated carbocycles. The van der Waals surface area contributed by atoms with Gasteiger partial charge in [-0.3, -0.25) is 4.99 Å². The molecule has 2 atom stereocenters. The molecular formula is C17H23BrN2O3S2. The van der Waals surface area contributed by atoms with Gasteiger partial charge in [0.1, 0.15) is 21.8 Å². The molecule has 0 fully saturated rings. The Balaban J connectivity index is 0.00000109. The van der Waals surface area contributed by atoms with Gasteiger partial charge in [-0.1, -0.05) is 29.8 Å². The van der Waals surface area contributed by atoms with Gasteiger partial charge in [0, 0.05) is 18.2 Å². The van der Waals surface area contributed by atoms with E-state index in [1.54, 1.807) is 42.3 Å². The quantitative estimate of drug-likeness (QED) is 0.380. The van der Waals surface area contributed by atoms with Crippen LogP contribution in [0.3, 0.4) is 0 Å². The first kappa shape index (κ1) is 20.6. The van der Waals surface area contributed by atoms with Crippen LogP contribution in [0, 0.1) is 0 Å². The summed E-state index contributed by atoms with van der Waals surface area (Å²) in [5.74, 6) is 1.08. The summed E-state index contributed by atoms with van der Waals surface area (Å²) in [5.41, 5.74) is 0.881. The van der Waals surface area contributed by atoms with E-state index in [4.69, 9.17) is 14.5 Å². The van der Waals surface area contributed by atoms with Gasteiger partial charge in [0.15, 0.2) is 6.29 Å². The Morgan fingerprint density at radius 3 is 2.92 bits per heavy atom. The van der Waals surface area contributed by atoms with E-state index in [-0.39, 0.29) is 18.1 Å². The van der Waals surface area contributed by atoms with E-state index in [0.29, 0.717) is 6.61 Å². The molecule has 0 saturated heterocycles. The molecule has 1 N–H and O–H groups in total. The standard InChI is InChI=1S/C15H17BrN2O3S2.C2H6/c1-20-15(21-6-2-5-16)11-8-22-13(18-11)14-17-10-4-3-9(19)7-12(10)23-14;1-2/h3-4,7,11,15,19H,2,5-6,8H2,1H3;1-2H3. The lowest BCUT2D eigenvalue weighted by molar-refractivity contribution is -0.131. The number of nitrogens with zero attached hydrogens (tertiary/aromatic N) is 2. The molecule has 8 heteroatoms. The third kappa shape index (κ3) is 5.40. The highest BCUT2D eigenvalue weighted by Gasteiger charge is 2.29. The van der Waals surface area contributed by atoms with Crippen molar-refractivity contribution in [1.29, 1.82) is 0 Å². The van der Waals surface area contributed by atoms with Gasteiger partial charge >= 0.3 is 0 Å². The fraction of sp³-hybridized carbons (Fsp3) is 0.529. The molecule has 2 aromatic rings. The maximum Gasteiger partial charge on any atom is 0.180 e. The Bertz CT molecular complexity index is 708. The molecule has 1 aromatic heterocycles. The number of halogens is 1. The maximum atomic E-state index is 9.56. The fourth-order valence-corrected chi connectivity index (χ4v) is 4.60. The molecule has 0 spiro atoms. The van der Waals surface area contributed by atoms with Crippen LogP contribution >= 0.6 is 39.0 Å². The van der Waals surface area contributed by atoms with Crippen LogP contribution in [0.2, 0.25) is 0 Å². The summed E-state index contributed by atoms with van der Waals surface area (Å²) in [5, 5.41) is 12.3. The molecule has 138 valence electrons. The van der Waals surface area contributed by atoms with Gasteiger partial charge in [0.05, 0.1) is 16.8 Å². The van der Waals surface area contributed by atoms with Gasteiger partial charge in [-0.15, -0.1) is 23.1 Å². The molecule has 0 aliphatic carbocycles. The number of aromatic nitrogens is 1. The Morgan fingerprint density at radius 1 is 1.40 bits per heavy atom. The van der Waals surface area contributed by atoms with Crippen molar-refractivity contribution in [3.05, 3.63) is 23.2 Å². The number of benzene rings is 1. The third-order valence-corrected chi connectivity index (χ3v) is 6.13. The molecule has 2 heterocycles. The topological polar surface area (TPSA) is 63.9 Å². The zero-order valence-corrected chi connectivity index (χ0v) is 17.8. The number of thiazole rings is 1. The summed E-state index contributed by atoms with van der Waals surface area (Å²) < 4.78 is 12.1. The second-order valence-corrected chi connectivity index (χ2v) is 7.83. The Kier molecular flexibility index (Phi) is 8.65. The molecule has 3 rings (SSSR count). The number of thioether (sulfide) groups is 1. The number of phenolic OH excluding ortho intramolecular Hbond substituents is 1. The minimum Gasteiger partial charge on any atom is -0.508 e. The van der Waals surface area contributed by atoms with E-state index in [0.717, 1.165) is 37.8 Å². The van der Waals surface area contributed by atoms with Gasteiger partial charge in [-0.05, 0) is 24.6 Å². The monoisotopic (exact) mass is 446 g/mol. The SMILES string of the molecule is CC.COC(OCCCBr)C1CSC(c2nc3ccc(O)cc3s2)=N1. The van der Waals surface area contributed by atoms with Crippen LogP contribution in [0.25, 0.3) is 10.2 Å². The van der Waals surface area contributed by atoms with E-state index in [2.05, 4.69) is 20.9 Å². The van der Waals surface area contributed by atoms with Crippen molar-refractivity contribution < 1.29 is 14.6 Å². The van der Waals surface area contributed by atoms with E-state index >= 15 is 0 Å². The van der Waals surface area contributed by atoms with Gasteiger partial charge in [0.25, 0.3) is 0 Å². The van der Waals surface area contributed by atoms with E-state index in [9.17, 15) is 5.11 Å². The van der Waals surface area contributed by atoms with Gasteiger partial charge < -0.3 is 14.6 Å². The number of methoxy groups -OCH3 is 1. The van der Waals surface area contributed by atoms with Crippen LogP contribution in [0.5, 0.6) is 5.75 Å². The van der Waals surface area contributed by atoms with E-state index < -0.39 is 0 Å². The number of fused-ring (bicyclic) bond motifs is 1. The molecule has 0 bridgehead atoms. The van der Waals surface area contributed by atoms with Crippen LogP contribution in [-0.2, 0) is 9.47 Å². The normalized spacial score (nSPS) is 17.9. The fourth-order valence-electron chi connectivity index (χ4n) is 2.24. The van der Waals surface area contributed by atoms with Gasteiger partial charge in [-0.25, -0.2) is 4.98 Å². The van der Waals surface area contributed by atoms with Crippen molar-refractivity contribution in [1.82, 2.24) is 4.98 Å². The first-order chi connectivity index (χ1) is 12.2. The Labute approximate surface area is 165 Å². The highest BCUT2D eigenvalue weighted by atomic mass is 79.9. The summed E-state index contributed by atoms with van der Waals surface area (Å²) in [4.78, 5) is 9.33. The summed E-state index contributed by atoms with van der Waals surface area (Å²) in [6.45, 7) is 4.65. The zero-order valence-electron chi connectivity index (χ0n) is 14.6. The largest absolute Gasteiger partial charge is 0.508 e. The summed E-state index contributed by atoms with van der Waals surface area (Å²) in [6, 6.07) is 5.19. The van der Waals surface area contributed by atoms with Crippen LogP contribution in [0.1, 0.15) is 25.3 Å². The molecule has 0 amide bonds. The molecular weight excluding hydrogens is 424 g/mol. The highest BCUT2D eigenvalue weighted by Crippen LogP contribution is 2.32. The number of alkyl halides is 1. The number of phenols is 1. The average Bonchev–Trinajstić information content (AvgIpc) is 3.27. The second-order valence-electron chi connectivity index (χ2n) is 5.00. The molecule has 1 aliphatic rings. The smallest absolute Gasteiger partial charge is 0.180 e. The average molecular weight is 447 g/mol. The Morgan fingerprint density at radius 2 is 2.20 bits per heavy atom. The highest BCUT2D eigenvalue weighted by molar-refractivity contribution is 9.09. The summed E-state index contributed by atoms with van der Waals surface area (Å²) >= 11 is 6.60. The van der Waals surface area contributed by atoms with Crippen LogP contribution in [-0.4, -0.2) is 52.3 Å². The predicted octanol–water partition coefficient (Wildman–Crippen LogP) is 4.66. The lowest BCUT2D eigenvalue weighted by Crippen LogP contribution is -2.30. The number of aliphatic imine (C=N–C) groups is 1. The minimum atomic E-state index is -0.322. The molecule has 1 aliphatic heterocycles. The number of aromatic hydroxyl groups is 1. The number of ether oxygens (including phenoxy) is 2. The van der Waals surface area contributed by atoms with Crippen molar-refractivity contribution >= 4 is 54.3 Å². The zero-order chi connectivity index (χ0) is 18.2. The van der Waals surface area contributed by atoms with Crippen LogP contribution in [0.15, 0.2) is 23.2 Å². The third-order valence-electron chi connectivity index (χ3n) is 3.34. The van der Waals surface area contributed by atoms with Crippen molar-refractivity contribution in [3.8, 4) is 5.75 Å². The maximum absolute atomic E-state index is 9.56. The summed E-state index contributed by atoms with van der Waals surface area (Å²) in [6.07, 6.45) is 0.620. The van der Waals surface area contributed by atoms with E-state index in [1.165, 1.54) is 0 Å². The first-order valence-corrected chi connectivity index (χ1v) is 11.1. The first-order valence-electron chi connectivity index (χ1n) is 8.22. The molecule has 1 aromatic carbocycles. The van der Waals surface area contributed by atoms with E-state index in [1.807, 2.05) is 19.9 Å². The molecule has 2 unspecified atom stereocenters. The van der Waals surface area contributed by atoms with Crippen LogP contribution < -0.4 is 0 Å². The summed E-state index contributed by atoms with van der Waals surface area (Å²) in [7, 11) is 1.65. The van der Waals surface area contributed by atoms with Crippen molar-refractivity contribution in [2.75, 3.05) is 24.8 Å². The number of rotatable bonds is 7. The lowest BCUT2D eigenvalue weighted by Gasteiger charge is -2.19.